The number of nitrogens with one attached hydrogen (secondary N) is 2. The second-order valence-electron chi connectivity index (χ2n) is 5.98. The first-order valence-electron chi connectivity index (χ1n) is 8.77. The molecule has 0 saturated heterocycles. The number of hydrogen-bond acceptors (Lipinski definition) is 4. The van der Waals surface area contributed by atoms with Gasteiger partial charge in [0.05, 0.1) is 11.9 Å². The van der Waals surface area contributed by atoms with E-state index in [2.05, 4.69) is 15.6 Å². The van der Waals surface area contributed by atoms with Crippen molar-refractivity contribution in [1.82, 2.24) is 10.3 Å². The van der Waals surface area contributed by atoms with E-state index in [1.165, 1.54) is 0 Å². The molecule has 0 saturated carbocycles. The molecule has 0 aliphatic rings. The molecule has 0 spiro atoms. The number of anilines is 1. The Bertz CT molecular complexity index is 934. The second-order valence-corrected chi connectivity index (χ2v) is 5.98. The van der Waals surface area contributed by atoms with Gasteiger partial charge in [0, 0.05) is 23.8 Å². The van der Waals surface area contributed by atoms with Crippen LogP contribution in [-0.2, 0) is 16.0 Å². The molecule has 0 atom stereocenters. The molecule has 3 aromatic rings. The molecule has 0 radical (unpaired) electrons. The third-order valence-corrected chi connectivity index (χ3v) is 3.95. The first-order chi connectivity index (χ1) is 13.2. The van der Waals surface area contributed by atoms with Gasteiger partial charge in [-0.3, -0.25) is 14.6 Å². The molecule has 0 fully saturated rings. The Morgan fingerprint density at radius 2 is 1.78 bits per heavy atom. The molecule has 0 unspecified atom stereocenters. The molecule has 6 nitrogen and oxygen atoms in total. The van der Waals surface area contributed by atoms with E-state index in [0.29, 0.717) is 18.0 Å². The number of para-hydroxylation sites is 1. The predicted octanol–water partition coefficient (Wildman–Crippen LogP) is 2.93. The molecule has 1 heterocycles. The summed E-state index contributed by atoms with van der Waals surface area (Å²) < 4.78 is 5.39. The van der Waals surface area contributed by atoms with Crippen LogP contribution in [0.1, 0.15) is 12.5 Å². The number of amides is 2. The van der Waals surface area contributed by atoms with Gasteiger partial charge in [-0.1, -0.05) is 24.3 Å². The van der Waals surface area contributed by atoms with Crippen LogP contribution in [-0.4, -0.2) is 29.9 Å². The number of ether oxygens (including phenoxy) is 1. The summed E-state index contributed by atoms with van der Waals surface area (Å²) in [5, 5.41) is 6.54. The van der Waals surface area contributed by atoms with E-state index in [-0.39, 0.29) is 24.8 Å². The van der Waals surface area contributed by atoms with Gasteiger partial charge in [0.1, 0.15) is 5.75 Å². The maximum absolute atomic E-state index is 12.4. The molecule has 0 bridgehead atoms. The van der Waals surface area contributed by atoms with Crippen LogP contribution in [0.25, 0.3) is 10.9 Å². The van der Waals surface area contributed by atoms with Gasteiger partial charge in [0.2, 0.25) is 5.91 Å². The molecule has 1 aromatic heterocycles. The van der Waals surface area contributed by atoms with Gasteiger partial charge in [-0.05, 0) is 42.8 Å². The van der Waals surface area contributed by atoms with Crippen molar-refractivity contribution in [3.8, 4) is 5.75 Å². The zero-order chi connectivity index (χ0) is 19.1. The lowest BCUT2D eigenvalue weighted by Crippen LogP contribution is -2.28. The largest absolute Gasteiger partial charge is 0.484 e. The summed E-state index contributed by atoms with van der Waals surface area (Å²) in [4.78, 5) is 28.1. The molecule has 2 aromatic carbocycles. The summed E-state index contributed by atoms with van der Waals surface area (Å²) in [5.41, 5.74) is 2.38. The van der Waals surface area contributed by atoms with E-state index in [4.69, 9.17) is 4.74 Å². The van der Waals surface area contributed by atoms with Gasteiger partial charge in [-0.15, -0.1) is 0 Å². The number of pyridine rings is 1. The van der Waals surface area contributed by atoms with Crippen molar-refractivity contribution < 1.29 is 14.3 Å². The summed E-state index contributed by atoms with van der Waals surface area (Å²) in [6, 6.07) is 16.6. The number of hydrogen-bond donors (Lipinski definition) is 2. The highest BCUT2D eigenvalue weighted by atomic mass is 16.5. The fraction of sp³-hybridized carbons (Fsp3) is 0.190. The highest BCUT2D eigenvalue weighted by Gasteiger charge is 2.08. The number of rotatable bonds is 7. The van der Waals surface area contributed by atoms with Crippen molar-refractivity contribution >= 4 is 28.4 Å². The molecule has 2 N–H and O–H groups in total. The summed E-state index contributed by atoms with van der Waals surface area (Å²) >= 11 is 0. The molecular weight excluding hydrogens is 342 g/mol. The summed E-state index contributed by atoms with van der Waals surface area (Å²) in [6.45, 7) is 2.39. The van der Waals surface area contributed by atoms with E-state index in [9.17, 15) is 9.59 Å². The lowest BCUT2D eigenvalue weighted by molar-refractivity contribution is -0.123. The third kappa shape index (κ3) is 5.04. The summed E-state index contributed by atoms with van der Waals surface area (Å²) in [5.74, 6) is 0.278. The van der Waals surface area contributed by atoms with Crippen molar-refractivity contribution in [3.05, 3.63) is 66.4 Å². The van der Waals surface area contributed by atoms with Crippen LogP contribution in [0, 0.1) is 0 Å². The maximum atomic E-state index is 12.4. The van der Waals surface area contributed by atoms with Gasteiger partial charge in [-0.25, -0.2) is 0 Å². The Hall–Kier alpha value is -3.41. The number of fused-ring (bicyclic) bond motifs is 1. The first-order valence-corrected chi connectivity index (χ1v) is 8.77. The average Bonchev–Trinajstić information content (AvgIpc) is 2.68. The van der Waals surface area contributed by atoms with Crippen LogP contribution in [0.5, 0.6) is 5.75 Å². The fourth-order valence-electron chi connectivity index (χ4n) is 2.72. The fourth-order valence-corrected chi connectivity index (χ4v) is 2.72. The molecule has 2 amide bonds. The Kier molecular flexibility index (Phi) is 5.99. The van der Waals surface area contributed by atoms with E-state index < -0.39 is 0 Å². The normalized spacial score (nSPS) is 10.4. The van der Waals surface area contributed by atoms with E-state index >= 15 is 0 Å². The van der Waals surface area contributed by atoms with E-state index in [1.807, 2.05) is 37.3 Å². The molecular formula is C21H21N3O3. The van der Waals surface area contributed by atoms with Crippen LogP contribution < -0.4 is 15.4 Å². The smallest absolute Gasteiger partial charge is 0.257 e. The molecule has 0 aliphatic carbocycles. The van der Waals surface area contributed by atoms with Crippen LogP contribution in [0.2, 0.25) is 0 Å². The highest BCUT2D eigenvalue weighted by Crippen LogP contribution is 2.18. The van der Waals surface area contributed by atoms with E-state index in [0.717, 1.165) is 16.5 Å². The number of carbonyl (C=O) groups is 2. The first kappa shape index (κ1) is 18.4. The lowest BCUT2D eigenvalue weighted by Gasteiger charge is -2.09. The van der Waals surface area contributed by atoms with Crippen molar-refractivity contribution in [2.24, 2.45) is 0 Å². The lowest BCUT2D eigenvalue weighted by atomic mass is 10.1. The second kappa shape index (κ2) is 8.80. The van der Waals surface area contributed by atoms with Gasteiger partial charge in [-0.2, -0.15) is 0 Å². The zero-order valence-electron chi connectivity index (χ0n) is 15.1. The number of likely N-dealkylation sites (N-methyl/N-ethyl adjacent to an activating group) is 1. The minimum absolute atomic E-state index is 0.0341. The Morgan fingerprint density at radius 3 is 2.56 bits per heavy atom. The number of benzene rings is 2. The van der Waals surface area contributed by atoms with Crippen LogP contribution in [0.3, 0.4) is 0 Å². The molecule has 0 aliphatic heterocycles. The Labute approximate surface area is 157 Å². The molecule has 27 heavy (non-hydrogen) atoms. The summed E-state index contributed by atoms with van der Waals surface area (Å²) in [7, 11) is 0. The maximum Gasteiger partial charge on any atom is 0.257 e. The van der Waals surface area contributed by atoms with Crippen molar-refractivity contribution in [1.29, 1.82) is 0 Å². The van der Waals surface area contributed by atoms with Crippen molar-refractivity contribution in [3.63, 3.8) is 0 Å². The zero-order valence-corrected chi connectivity index (χ0v) is 15.1. The van der Waals surface area contributed by atoms with Crippen LogP contribution in [0.4, 0.5) is 5.69 Å². The highest BCUT2D eigenvalue weighted by molar-refractivity contribution is 5.95. The van der Waals surface area contributed by atoms with Gasteiger partial charge >= 0.3 is 0 Å². The SMILES string of the molecule is CCNC(=O)COc1ccc(NC(=O)Cc2cccc3cccnc23)cc1. The number of aromatic nitrogens is 1. The van der Waals surface area contributed by atoms with Crippen LogP contribution >= 0.6 is 0 Å². The van der Waals surface area contributed by atoms with Crippen LogP contribution in [0.15, 0.2) is 60.8 Å². The quantitative estimate of drug-likeness (QED) is 0.676. The van der Waals surface area contributed by atoms with Gasteiger partial charge < -0.3 is 15.4 Å². The number of carbonyl (C=O) groups excluding carboxylic acids is 2. The summed E-state index contributed by atoms with van der Waals surface area (Å²) in [6.07, 6.45) is 1.97. The van der Waals surface area contributed by atoms with Crippen molar-refractivity contribution in [2.75, 3.05) is 18.5 Å². The van der Waals surface area contributed by atoms with Gasteiger partial charge in [0.25, 0.3) is 5.91 Å². The monoisotopic (exact) mass is 363 g/mol. The standard InChI is InChI=1S/C21H21N3O3/c1-2-22-20(26)14-27-18-10-8-17(9-11-18)24-19(25)13-16-6-3-5-15-7-4-12-23-21(15)16/h3-12H,2,13-14H2,1H3,(H,22,26)(H,24,25). The topological polar surface area (TPSA) is 80.3 Å². The predicted molar refractivity (Wildman–Crippen MR) is 105 cm³/mol. The molecule has 3 rings (SSSR count). The Morgan fingerprint density at radius 1 is 1.00 bits per heavy atom. The van der Waals surface area contributed by atoms with Crippen molar-refractivity contribution in [2.45, 2.75) is 13.3 Å². The minimum atomic E-state index is -0.168. The van der Waals surface area contributed by atoms with Gasteiger partial charge in [0.15, 0.2) is 6.61 Å². The molecule has 138 valence electrons. The number of nitrogens with zero attached hydrogens (tertiary/aromatic N) is 1. The third-order valence-electron chi connectivity index (χ3n) is 3.95. The molecule has 6 heteroatoms. The Balaban J connectivity index is 1.58. The minimum Gasteiger partial charge on any atom is -0.484 e. The van der Waals surface area contributed by atoms with E-state index in [1.54, 1.807) is 30.5 Å². The average molecular weight is 363 g/mol.